The molecule has 0 amide bonds. The molecule has 0 aliphatic carbocycles. The van der Waals surface area contributed by atoms with E-state index in [1.807, 2.05) is 19.1 Å². The largest absolute Gasteiger partial charge is 0.508 e. The van der Waals surface area contributed by atoms with Gasteiger partial charge in [0, 0.05) is 0 Å². The second kappa shape index (κ2) is 10.2. The zero-order valence-electron chi connectivity index (χ0n) is 14.0. The highest BCUT2D eigenvalue weighted by molar-refractivity contribution is 5.76. The van der Waals surface area contributed by atoms with Crippen molar-refractivity contribution in [3.8, 4) is 5.75 Å². The lowest BCUT2D eigenvalue weighted by molar-refractivity contribution is -0.151. The number of hydrogen-bond donors (Lipinski definition) is 2. The molecular formula is C18H29NO3. The van der Waals surface area contributed by atoms with Crippen LogP contribution in [0.3, 0.4) is 0 Å². The van der Waals surface area contributed by atoms with Crippen molar-refractivity contribution in [2.45, 2.75) is 64.5 Å². The monoisotopic (exact) mass is 307 g/mol. The van der Waals surface area contributed by atoms with Gasteiger partial charge < -0.3 is 15.2 Å². The third kappa shape index (κ3) is 6.94. The molecule has 0 aliphatic rings. The van der Waals surface area contributed by atoms with Crippen LogP contribution in [0.25, 0.3) is 0 Å². The van der Waals surface area contributed by atoms with Crippen molar-refractivity contribution in [2.75, 3.05) is 7.05 Å². The molecule has 124 valence electrons. The van der Waals surface area contributed by atoms with Crippen LogP contribution in [0.1, 0.15) is 51.5 Å². The molecular weight excluding hydrogens is 278 g/mol. The first-order chi connectivity index (χ1) is 10.6. The molecule has 0 spiro atoms. The molecule has 0 saturated heterocycles. The predicted molar refractivity (Wildman–Crippen MR) is 89.0 cm³/mol. The summed E-state index contributed by atoms with van der Waals surface area (Å²) >= 11 is 0. The quantitative estimate of drug-likeness (QED) is 0.513. The third-order valence-corrected chi connectivity index (χ3v) is 3.79. The van der Waals surface area contributed by atoms with Gasteiger partial charge in [-0.1, -0.05) is 38.3 Å². The fourth-order valence-electron chi connectivity index (χ4n) is 2.37. The van der Waals surface area contributed by atoms with Crippen LogP contribution < -0.4 is 5.32 Å². The third-order valence-electron chi connectivity index (χ3n) is 3.79. The molecule has 0 fully saturated rings. The molecule has 0 aromatic heterocycles. The van der Waals surface area contributed by atoms with Crippen molar-refractivity contribution >= 4 is 5.97 Å². The first-order valence-electron chi connectivity index (χ1n) is 8.22. The van der Waals surface area contributed by atoms with Crippen LogP contribution in [-0.2, 0) is 16.0 Å². The van der Waals surface area contributed by atoms with Crippen molar-refractivity contribution < 1.29 is 14.6 Å². The molecule has 0 aliphatic heterocycles. The number of ether oxygens (including phenoxy) is 1. The van der Waals surface area contributed by atoms with Crippen molar-refractivity contribution in [1.29, 1.82) is 0 Å². The molecule has 4 heteroatoms. The van der Waals surface area contributed by atoms with Gasteiger partial charge >= 0.3 is 5.97 Å². The Morgan fingerprint density at radius 2 is 1.91 bits per heavy atom. The lowest BCUT2D eigenvalue weighted by Crippen LogP contribution is -2.38. The average molecular weight is 307 g/mol. The average Bonchev–Trinajstić information content (AvgIpc) is 2.51. The molecule has 2 atom stereocenters. The highest BCUT2D eigenvalue weighted by Crippen LogP contribution is 2.13. The lowest BCUT2D eigenvalue weighted by Gasteiger charge is -2.19. The number of aromatic hydroxyl groups is 1. The van der Waals surface area contributed by atoms with Crippen LogP contribution in [0.5, 0.6) is 5.75 Å². The van der Waals surface area contributed by atoms with Gasteiger partial charge in [0.1, 0.15) is 11.8 Å². The number of hydrogen-bond acceptors (Lipinski definition) is 4. The molecule has 1 rings (SSSR count). The van der Waals surface area contributed by atoms with Crippen molar-refractivity contribution in [1.82, 2.24) is 5.32 Å². The summed E-state index contributed by atoms with van der Waals surface area (Å²) in [4.78, 5) is 12.2. The number of likely N-dealkylation sites (N-methyl/N-ethyl adjacent to an activating group) is 1. The summed E-state index contributed by atoms with van der Waals surface area (Å²) in [7, 11) is 1.76. The number of phenols is 1. The number of phenolic OH excluding ortho intramolecular Hbond substituents is 1. The molecule has 2 N–H and O–H groups in total. The van der Waals surface area contributed by atoms with Gasteiger partial charge in [0.05, 0.1) is 6.10 Å². The molecule has 1 aromatic rings. The molecule has 1 aromatic carbocycles. The van der Waals surface area contributed by atoms with Crippen LogP contribution in [-0.4, -0.2) is 30.3 Å². The SMILES string of the molecule is CCCCCCC(C)OC(=O)[C@H](Cc1ccc(O)cc1)NC. The van der Waals surface area contributed by atoms with Gasteiger partial charge in [-0.3, -0.25) is 4.79 Å². The Balaban J connectivity index is 2.41. The van der Waals surface area contributed by atoms with Gasteiger partial charge in [-0.25, -0.2) is 0 Å². The Kier molecular flexibility index (Phi) is 8.60. The summed E-state index contributed by atoms with van der Waals surface area (Å²) in [6.07, 6.45) is 6.18. The summed E-state index contributed by atoms with van der Waals surface area (Å²) in [5.74, 6) is 0.0200. The number of esters is 1. The van der Waals surface area contributed by atoms with E-state index in [0.29, 0.717) is 6.42 Å². The van der Waals surface area contributed by atoms with Gasteiger partial charge in [0.15, 0.2) is 0 Å². The van der Waals surface area contributed by atoms with Crippen molar-refractivity contribution in [3.05, 3.63) is 29.8 Å². The van der Waals surface area contributed by atoms with E-state index in [0.717, 1.165) is 18.4 Å². The zero-order chi connectivity index (χ0) is 16.4. The normalized spacial score (nSPS) is 13.6. The zero-order valence-corrected chi connectivity index (χ0v) is 14.0. The minimum atomic E-state index is -0.359. The maximum atomic E-state index is 12.2. The Bertz CT molecular complexity index is 430. The van der Waals surface area contributed by atoms with Crippen LogP contribution >= 0.6 is 0 Å². The van der Waals surface area contributed by atoms with Crippen molar-refractivity contribution in [2.24, 2.45) is 0 Å². The number of nitrogens with one attached hydrogen (secondary N) is 1. The van der Waals surface area contributed by atoms with Gasteiger partial charge in [-0.15, -0.1) is 0 Å². The van der Waals surface area contributed by atoms with Crippen molar-refractivity contribution in [3.63, 3.8) is 0 Å². The van der Waals surface area contributed by atoms with Crippen LogP contribution in [0.15, 0.2) is 24.3 Å². The van der Waals surface area contributed by atoms with Gasteiger partial charge in [-0.05, 0) is 50.9 Å². The summed E-state index contributed by atoms with van der Waals surface area (Å²) in [5.41, 5.74) is 0.990. The van der Waals surface area contributed by atoms with Gasteiger partial charge in [0.2, 0.25) is 0 Å². The van der Waals surface area contributed by atoms with Crippen LogP contribution in [0.4, 0.5) is 0 Å². The van der Waals surface area contributed by atoms with E-state index in [1.54, 1.807) is 19.2 Å². The summed E-state index contributed by atoms with van der Waals surface area (Å²) in [6.45, 7) is 4.14. The molecule has 22 heavy (non-hydrogen) atoms. The van der Waals surface area contributed by atoms with Gasteiger partial charge in [-0.2, -0.15) is 0 Å². The molecule has 0 heterocycles. The molecule has 1 unspecified atom stereocenters. The first-order valence-corrected chi connectivity index (χ1v) is 8.22. The number of carbonyl (C=O) groups excluding carboxylic acids is 1. The predicted octanol–water partition coefficient (Wildman–Crippen LogP) is 3.42. The number of benzene rings is 1. The van der Waals surface area contributed by atoms with E-state index in [9.17, 15) is 9.90 Å². The summed E-state index contributed by atoms with van der Waals surface area (Å²) in [5, 5.41) is 12.3. The second-order valence-corrected chi connectivity index (χ2v) is 5.81. The number of rotatable bonds is 10. The highest BCUT2D eigenvalue weighted by atomic mass is 16.5. The summed E-state index contributed by atoms with van der Waals surface area (Å²) in [6, 6.07) is 6.54. The molecule has 0 bridgehead atoms. The van der Waals surface area contributed by atoms with E-state index in [1.165, 1.54) is 19.3 Å². The van der Waals surface area contributed by atoms with Gasteiger partial charge in [0.25, 0.3) is 0 Å². The minimum Gasteiger partial charge on any atom is -0.508 e. The number of unbranched alkanes of at least 4 members (excludes halogenated alkanes) is 3. The molecule has 0 radical (unpaired) electrons. The topological polar surface area (TPSA) is 58.6 Å². The first kappa shape index (κ1) is 18.5. The Morgan fingerprint density at radius 1 is 1.23 bits per heavy atom. The van der Waals surface area contributed by atoms with E-state index in [2.05, 4.69) is 12.2 Å². The minimum absolute atomic E-state index is 0.0416. The lowest BCUT2D eigenvalue weighted by atomic mass is 10.1. The van der Waals surface area contributed by atoms with E-state index in [4.69, 9.17) is 4.74 Å². The van der Waals surface area contributed by atoms with E-state index >= 15 is 0 Å². The highest BCUT2D eigenvalue weighted by Gasteiger charge is 2.20. The number of carbonyl (C=O) groups is 1. The fourth-order valence-corrected chi connectivity index (χ4v) is 2.37. The molecule has 4 nitrogen and oxygen atoms in total. The van der Waals surface area contributed by atoms with E-state index < -0.39 is 0 Å². The Morgan fingerprint density at radius 3 is 2.50 bits per heavy atom. The van der Waals surface area contributed by atoms with Crippen LogP contribution in [0.2, 0.25) is 0 Å². The second-order valence-electron chi connectivity index (χ2n) is 5.81. The Hall–Kier alpha value is -1.55. The Labute approximate surface area is 133 Å². The van der Waals surface area contributed by atoms with Crippen LogP contribution in [0, 0.1) is 0 Å². The maximum Gasteiger partial charge on any atom is 0.323 e. The summed E-state index contributed by atoms with van der Waals surface area (Å²) < 4.78 is 5.53. The van der Waals surface area contributed by atoms with E-state index in [-0.39, 0.29) is 23.9 Å². The fraction of sp³-hybridized carbons (Fsp3) is 0.611. The molecule has 0 saturated carbocycles. The maximum absolute atomic E-state index is 12.2. The standard InChI is InChI=1S/C18H29NO3/c1-4-5-6-7-8-14(2)22-18(21)17(19-3)13-15-9-11-16(20)12-10-15/h9-12,14,17,19-20H,4-8,13H2,1-3H3/t14?,17-/m0/s1. The smallest absolute Gasteiger partial charge is 0.323 e.